The summed E-state index contributed by atoms with van der Waals surface area (Å²) in [6, 6.07) is 19.1. The molecular formula is C27H19Cl2NO5. The van der Waals surface area contributed by atoms with Gasteiger partial charge in [-0.3, -0.25) is 0 Å². The minimum absolute atomic E-state index is 0.0868. The van der Waals surface area contributed by atoms with E-state index in [0.717, 1.165) is 5.56 Å². The molecule has 176 valence electrons. The zero-order valence-corrected chi connectivity index (χ0v) is 20.0. The van der Waals surface area contributed by atoms with E-state index in [-0.39, 0.29) is 17.3 Å². The fraction of sp³-hybridized carbons (Fsp3) is 0.0741. The molecule has 1 aliphatic rings. The molecule has 6 nitrogen and oxygen atoms in total. The summed E-state index contributed by atoms with van der Waals surface area (Å²) in [5, 5.41) is 0.774. The topological polar surface area (TPSA) is 74.2 Å². The van der Waals surface area contributed by atoms with E-state index in [4.69, 9.17) is 37.4 Å². The summed E-state index contributed by atoms with van der Waals surface area (Å²) >= 11 is 12.1. The molecule has 0 saturated carbocycles. The van der Waals surface area contributed by atoms with Crippen LogP contribution >= 0.6 is 23.2 Å². The summed E-state index contributed by atoms with van der Waals surface area (Å²) in [5.74, 6) is -0.480. The Bertz CT molecular complexity index is 1360. The summed E-state index contributed by atoms with van der Waals surface area (Å²) in [6.07, 6.45) is 4.55. The first-order valence-corrected chi connectivity index (χ1v) is 11.4. The maximum Gasteiger partial charge on any atom is 0.363 e. The van der Waals surface area contributed by atoms with Gasteiger partial charge >= 0.3 is 11.9 Å². The number of halogens is 2. The Hall–Kier alpha value is -3.87. The zero-order chi connectivity index (χ0) is 24.8. The lowest BCUT2D eigenvalue weighted by Crippen LogP contribution is -2.06. The van der Waals surface area contributed by atoms with Crippen LogP contribution in [0.3, 0.4) is 0 Å². The van der Waals surface area contributed by atoms with Crippen molar-refractivity contribution in [3.05, 3.63) is 105 Å². The number of aliphatic imine (C=N–C) groups is 1. The molecular weight excluding hydrogens is 489 g/mol. The highest BCUT2D eigenvalue weighted by Crippen LogP contribution is 2.31. The number of carbonyl (C=O) groups is 2. The van der Waals surface area contributed by atoms with Gasteiger partial charge in [0.25, 0.3) is 0 Å². The van der Waals surface area contributed by atoms with E-state index >= 15 is 0 Å². The van der Waals surface area contributed by atoms with Crippen LogP contribution in [0.15, 0.2) is 83.5 Å². The van der Waals surface area contributed by atoms with Crippen LogP contribution in [-0.2, 0) is 14.3 Å². The van der Waals surface area contributed by atoms with Crippen molar-refractivity contribution in [2.45, 2.75) is 6.92 Å². The third-order valence-electron chi connectivity index (χ3n) is 4.78. The first-order chi connectivity index (χ1) is 16.9. The third-order valence-corrected chi connectivity index (χ3v) is 5.32. The van der Waals surface area contributed by atoms with Crippen LogP contribution in [0.1, 0.15) is 23.6 Å². The molecule has 1 heterocycles. The summed E-state index contributed by atoms with van der Waals surface area (Å²) < 4.78 is 16.4. The van der Waals surface area contributed by atoms with Crippen LogP contribution in [-0.4, -0.2) is 24.4 Å². The number of ether oxygens (including phenoxy) is 3. The van der Waals surface area contributed by atoms with Crippen molar-refractivity contribution in [2.24, 2.45) is 4.99 Å². The smallest absolute Gasteiger partial charge is 0.363 e. The number of rotatable bonds is 7. The SMILES string of the molecule is CCOc1cc(/C=C2/N=C(c3ccc(Cl)cc3Cl)OC2=O)ccc1OC(=O)/C=C/c1ccccc1. The Morgan fingerprint density at radius 1 is 1.00 bits per heavy atom. The number of hydrogen-bond acceptors (Lipinski definition) is 6. The summed E-state index contributed by atoms with van der Waals surface area (Å²) in [4.78, 5) is 28.9. The molecule has 0 unspecified atom stereocenters. The van der Waals surface area contributed by atoms with Gasteiger partial charge in [-0.25, -0.2) is 14.6 Å². The largest absolute Gasteiger partial charge is 0.490 e. The number of esters is 2. The Morgan fingerprint density at radius 3 is 2.54 bits per heavy atom. The van der Waals surface area contributed by atoms with Gasteiger partial charge < -0.3 is 14.2 Å². The molecule has 1 aliphatic heterocycles. The summed E-state index contributed by atoms with van der Waals surface area (Å²) in [6.45, 7) is 2.16. The van der Waals surface area contributed by atoms with Gasteiger partial charge in [-0.2, -0.15) is 0 Å². The van der Waals surface area contributed by atoms with Gasteiger partial charge in [0.05, 0.1) is 17.2 Å². The molecule has 4 rings (SSSR count). The molecule has 0 saturated heterocycles. The van der Waals surface area contributed by atoms with E-state index in [2.05, 4.69) is 4.99 Å². The molecule has 0 fully saturated rings. The van der Waals surface area contributed by atoms with Crippen LogP contribution in [0.2, 0.25) is 10.0 Å². The van der Waals surface area contributed by atoms with Gasteiger partial charge in [0.2, 0.25) is 5.90 Å². The van der Waals surface area contributed by atoms with E-state index in [1.54, 1.807) is 48.6 Å². The van der Waals surface area contributed by atoms with Crippen molar-refractivity contribution in [3.8, 4) is 11.5 Å². The molecule has 0 aliphatic carbocycles. The molecule has 0 bridgehead atoms. The average Bonchev–Trinajstić information content (AvgIpc) is 3.20. The molecule has 8 heteroatoms. The number of benzene rings is 3. The van der Waals surface area contributed by atoms with E-state index in [9.17, 15) is 9.59 Å². The molecule has 0 radical (unpaired) electrons. The van der Waals surface area contributed by atoms with Gasteiger partial charge in [-0.1, -0.05) is 59.6 Å². The predicted molar refractivity (Wildman–Crippen MR) is 136 cm³/mol. The summed E-state index contributed by atoms with van der Waals surface area (Å²) in [7, 11) is 0. The molecule has 0 N–H and O–H groups in total. The Morgan fingerprint density at radius 2 is 1.80 bits per heavy atom. The van der Waals surface area contributed by atoms with Crippen molar-refractivity contribution in [1.29, 1.82) is 0 Å². The summed E-state index contributed by atoms with van der Waals surface area (Å²) in [5.41, 5.74) is 2.02. The standard InChI is InChI=1S/C27H19Cl2NO5/c1-2-33-24-15-18(8-12-23(24)34-25(31)13-9-17-6-4-3-5-7-17)14-22-27(32)35-26(30-22)20-11-10-19(28)16-21(20)29/h3-16H,2H2,1H3/b13-9+,22-14+. The highest BCUT2D eigenvalue weighted by molar-refractivity contribution is 6.37. The second kappa shape index (κ2) is 11.0. The fourth-order valence-corrected chi connectivity index (χ4v) is 3.67. The molecule has 3 aromatic carbocycles. The first-order valence-electron chi connectivity index (χ1n) is 10.6. The Labute approximate surface area is 212 Å². The van der Waals surface area contributed by atoms with E-state index in [0.29, 0.717) is 33.5 Å². The monoisotopic (exact) mass is 507 g/mol. The van der Waals surface area contributed by atoms with Crippen molar-refractivity contribution in [2.75, 3.05) is 6.61 Å². The number of carbonyl (C=O) groups excluding carboxylic acids is 2. The lowest BCUT2D eigenvalue weighted by molar-refractivity contribution is -0.130. The normalized spacial score (nSPS) is 14.2. The van der Waals surface area contributed by atoms with Gasteiger partial charge in [-0.15, -0.1) is 0 Å². The van der Waals surface area contributed by atoms with Crippen molar-refractivity contribution in [3.63, 3.8) is 0 Å². The molecule has 3 aromatic rings. The van der Waals surface area contributed by atoms with Crippen molar-refractivity contribution < 1.29 is 23.8 Å². The lowest BCUT2D eigenvalue weighted by atomic mass is 10.1. The number of nitrogens with zero attached hydrogens (tertiary/aromatic N) is 1. The Balaban J connectivity index is 1.55. The van der Waals surface area contributed by atoms with Crippen LogP contribution in [0.25, 0.3) is 12.2 Å². The zero-order valence-electron chi connectivity index (χ0n) is 18.5. The number of hydrogen-bond donors (Lipinski definition) is 0. The molecule has 0 amide bonds. The average molecular weight is 508 g/mol. The van der Waals surface area contributed by atoms with Gasteiger partial charge in [0.1, 0.15) is 0 Å². The molecule has 35 heavy (non-hydrogen) atoms. The quantitative estimate of drug-likeness (QED) is 0.211. The fourth-order valence-electron chi connectivity index (χ4n) is 3.18. The van der Waals surface area contributed by atoms with Crippen LogP contribution < -0.4 is 9.47 Å². The maximum absolute atomic E-state index is 12.4. The molecule has 0 spiro atoms. The molecule has 0 atom stereocenters. The number of cyclic esters (lactones) is 1. The van der Waals surface area contributed by atoms with Gasteiger partial charge in [0, 0.05) is 11.1 Å². The highest BCUT2D eigenvalue weighted by Gasteiger charge is 2.26. The van der Waals surface area contributed by atoms with Crippen LogP contribution in [0, 0.1) is 0 Å². The van der Waals surface area contributed by atoms with E-state index < -0.39 is 11.9 Å². The predicted octanol–water partition coefficient (Wildman–Crippen LogP) is 6.36. The van der Waals surface area contributed by atoms with E-state index in [1.807, 2.05) is 37.3 Å². The minimum atomic E-state index is -0.620. The first kappa shape index (κ1) is 24.3. The second-order valence-electron chi connectivity index (χ2n) is 7.26. The van der Waals surface area contributed by atoms with Crippen molar-refractivity contribution in [1.82, 2.24) is 0 Å². The highest BCUT2D eigenvalue weighted by atomic mass is 35.5. The van der Waals surface area contributed by atoms with Crippen LogP contribution in [0.5, 0.6) is 11.5 Å². The Kier molecular flexibility index (Phi) is 7.65. The van der Waals surface area contributed by atoms with Crippen molar-refractivity contribution >= 4 is 53.2 Å². The lowest BCUT2D eigenvalue weighted by Gasteiger charge is -2.10. The van der Waals surface area contributed by atoms with Gasteiger partial charge in [-0.05, 0) is 60.5 Å². The second-order valence-corrected chi connectivity index (χ2v) is 8.11. The van der Waals surface area contributed by atoms with Gasteiger partial charge in [0.15, 0.2) is 17.2 Å². The third kappa shape index (κ3) is 6.18. The molecule has 0 aromatic heterocycles. The minimum Gasteiger partial charge on any atom is -0.490 e. The van der Waals surface area contributed by atoms with E-state index in [1.165, 1.54) is 6.08 Å². The van der Waals surface area contributed by atoms with Crippen LogP contribution in [0.4, 0.5) is 0 Å². The maximum atomic E-state index is 12.4.